The summed E-state index contributed by atoms with van der Waals surface area (Å²) in [7, 11) is 1.32. The van der Waals surface area contributed by atoms with E-state index in [2.05, 4.69) is 15.4 Å². The van der Waals surface area contributed by atoms with Crippen LogP contribution in [0, 0.1) is 0 Å². The quantitative estimate of drug-likeness (QED) is 0.799. The van der Waals surface area contributed by atoms with Gasteiger partial charge in [0.15, 0.2) is 0 Å². The average molecular weight is 345 g/mol. The van der Waals surface area contributed by atoms with Gasteiger partial charge in [0.1, 0.15) is 0 Å². The topological polar surface area (TPSA) is 87.7 Å². The fourth-order valence-electron chi connectivity index (χ4n) is 2.84. The molecule has 3 amide bonds. The summed E-state index contributed by atoms with van der Waals surface area (Å²) in [5.74, 6) is -0.566. The van der Waals surface area contributed by atoms with Gasteiger partial charge >= 0.3 is 12.0 Å². The van der Waals surface area contributed by atoms with E-state index in [4.69, 9.17) is 0 Å². The first-order chi connectivity index (χ1) is 11.9. The molecule has 0 saturated heterocycles. The SMILES string of the molecule is CCN(CC)C(=O)C1=C(C)NC(=O)NC1c1ccc(C(=O)OC)cc1. The number of methoxy groups -OCH3 is 1. The van der Waals surface area contributed by atoms with Crippen LogP contribution < -0.4 is 10.6 Å². The molecule has 1 aliphatic heterocycles. The van der Waals surface area contributed by atoms with Gasteiger partial charge in [0.05, 0.1) is 24.3 Å². The zero-order chi connectivity index (χ0) is 18.6. The molecule has 25 heavy (non-hydrogen) atoms. The fourth-order valence-corrected chi connectivity index (χ4v) is 2.84. The number of carbonyl (C=O) groups excluding carboxylic acids is 3. The molecule has 0 aliphatic carbocycles. The van der Waals surface area contributed by atoms with Gasteiger partial charge in [0.25, 0.3) is 5.91 Å². The van der Waals surface area contributed by atoms with Crippen LogP contribution in [0.15, 0.2) is 35.5 Å². The maximum absolute atomic E-state index is 12.9. The molecule has 1 aromatic carbocycles. The summed E-state index contributed by atoms with van der Waals surface area (Å²) in [6, 6.07) is 5.72. The van der Waals surface area contributed by atoms with Crippen molar-refractivity contribution in [3.05, 3.63) is 46.7 Å². The van der Waals surface area contributed by atoms with Crippen LogP contribution in [0.2, 0.25) is 0 Å². The number of likely N-dealkylation sites (N-methyl/N-ethyl adjacent to an activating group) is 1. The van der Waals surface area contributed by atoms with E-state index in [1.54, 1.807) is 36.1 Å². The van der Waals surface area contributed by atoms with Gasteiger partial charge in [0, 0.05) is 18.8 Å². The van der Waals surface area contributed by atoms with Gasteiger partial charge in [-0.3, -0.25) is 4.79 Å². The first-order valence-corrected chi connectivity index (χ1v) is 8.18. The molecule has 134 valence electrons. The van der Waals surface area contributed by atoms with Gasteiger partial charge in [-0.1, -0.05) is 12.1 Å². The molecule has 0 saturated carbocycles. The molecule has 1 aliphatic rings. The Bertz CT molecular complexity index is 706. The van der Waals surface area contributed by atoms with Gasteiger partial charge in [-0.05, 0) is 38.5 Å². The number of rotatable bonds is 5. The first-order valence-electron chi connectivity index (χ1n) is 8.18. The normalized spacial score (nSPS) is 16.8. The molecule has 0 spiro atoms. The van der Waals surface area contributed by atoms with Crippen LogP contribution in [0.1, 0.15) is 42.7 Å². The molecule has 1 aromatic rings. The van der Waals surface area contributed by atoms with E-state index in [1.807, 2.05) is 13.8 Å². The summed E-state index contributed by atoms with van der Waals surface area (Å²) in [4.78, 5) is 38.1. The van der Waals surface area contributed by atoms with E-state index in [0.717, 1.165) is 5.56 Å². The van der Waals surface area contributed by atoms with Crippen molar-refractivity contribution in [2.24, 2.45) is 0 Å². The third-order valence-electron chi connectivity index (χ3n) is 4.22. The number of benzene rings is 1. The van der Waals surface area contributed by atoms with Crippen molar-refractivity contribution >= 4 is 17.9 Å². The Morgan fingerprint density at radius 1 is 1.16 bits per heavy atom. The second-order valence-corrected chi connectivity index (χ2v) is 5.66. The third-order valence-corrected chi connectivity index (χ3v) is 4.22. The van der Waals surface area contributed by atoms with Crippen molar-refractivity contribution in [2.75, 3.05) is 20.2 Å². The summed E-state index contributed by atoms with van der Waals surface area (Å²) in [6.45, 7) is 6.69. The number of amides is 3. The number of urea groups is 1. The molecule has 2 rings (SSSR count). The van der Waals surface area contributed by atoms with Crippen LogP contribution in [0.25, 0.3) is 0 Å². The summed E-state index contributed by atoms with van der Waals surface area (Å²) in [5.41, 5.74) is 2.15. The molecule has 2 N–H and O–H groups in total. The minimum Gasteiger partial charge on any atom is -0.465 e. The van der Waals surface area contributed by atoms with Gasteiger partial charge < -0.3 is 20.3 Å². The lowest BCUT2D eigenvalue weighted by Crippen LogP contribution is -2.47. The van der Waals surface area contributed by atoms with Crippen molar-refractivity contribution in [3.8, 4) is 0 Å². The van der Waals surface area contributed by atoms with Gasteiger partial charge in [-0.2, -0.15) is 0 Å². The Morgan fingerprint density at radius 2 is 1.76 bits per heavy atom. The minimum atomic E-state index is -0.575. The molecule has 1 heterocycles. The Balaban J connectivity index is 2.42. The monoisotopic (exact) mass is 345 g/mol. The summed E-state index contributed by atoms with van der Waals surface area (Å²) < 4.78 is 4.69. The number of nitrogens with one attached hydrogen (secondary N) is 2. The lowest BCUT2D eigenvalue weighted by atomic mass is 9.93. The minimum absolute atomic E-state index is 0.128. The smallest absolute Gasteiger partial charge is 0.337 e. The lowest BCUT2D eigenvalue weighted by Gasteiger charge is -2.31. The summed E-state index contributed by atoms with van der Waals surface area (Å²) >= 11 is 0. The number of hydrogen-bond acceptors (Lipinski definition) is 4. The molecule has 0 radical (unpaired) electrons. The third kappa shape index (κ3) is 3.81. The lowest BCUT2D eigenvalue weighted by molar-refractivity contribution is -0.127. The Kier molecular flexibility index (Phi) is 5.80. The maximum Gasteiger partial charge on any atom is 0.337 e. The molecule has 0 aromatic heterocycles. The largest absolute Gasteiger partial charge is 0.465 e. The molecular weight excluding hydrogens is 322 g/mol. The van der Waals surface area contributed by atoms with E-state index in [9.17, 15) is 14.4 Å². The van der Waals surface area contributed by atoms with E-state index in [-0.39, 0.29) is 11.9 Å². The second kappa shape index (κ2) is 7.83. The highest BCUT2D eigenvalue weighted by molar-refractivity contribution is 5.98. The van der Waals surface area contributed by atoms with Crippen LogP contribution >= 0.6 is 0 Å². The van der Waals surface area contributed by atoms with Crippen molar-refractivity contribution in [2.45, 2.75) is 26.8 Å². The first kappa shape index (κ1) is 18.5. The second-order valence-electron chi connectivity index (χ2n) is 5.66. The van der Waals surface area contributed by atoms with Crippen molar-refractivity contribution < 1.29 is 19.1 Å². The molecule has 0 fully saturated rings. The fraction of sp³-hybridized carbons (Fsp3) is 0.389. The molecule has 7 nitrogen and oxygen atoms in total. The van der Waals surface area contributed by atoms with E-state index < -0.39 is 12.0 Å². The number of esters is 1. The van der Waals surface area contributed by atoms with E-state index in [1.165, 1.54) is 7.11 Å². The summed E-state index contributed by atoms with van der Waals surface area (Å²) in [6.07, 6.45) is 0. The predicted molar refractivity (Wildman–Crippen MR) is 92.8 cm³/mol. The number of hydrogen-bond donors (Lipinski definition) is 2. The van der Waals surface area contributed by atoms with Crippen LogP contribution in [0.3, 0.4) is 0 Å². The number of nitrogens with zero attached hydrogens (tertiary/aromatic N) is 1. The van der Waals surface area contributed by atoms with Crippen LogP contribution in [-0.4, -0.2) is 43.0 Å². The van der Waals surface area contributed by atoms with E-state index >= 15 is 0 Å². The number of ether oxygens (including phenoxy) is 1. The Morgan fingerprint density at radius 3 is 2.28 bits per heavy atom. The zero-order valence-electron chi connectivity index (χ0n) is 14.9. The molecule has 1 atom stereocenters. The average Bonchev–Trinajstić information content (AvgIpc) is 2.61. The van der Waals surface area contributed by atoms with Gasteiger partial charge in [-0.25, -0.2) is 9.59 Å². The zero-order valence-corrected chi connectivity index (χ0v) is 14.9. The molecular formula is C18H23N3O4. The molecule has 7 heteroatoms. The Hall–Kier alpha value is -2.83. The van der Waals surface area contributed by atoms with Crippen molar-refractivity contribution in [3.63, 3.8) is 0 Å². The van der Waals surface area contributed by atoms with Crippen LogP contribution in [-0.2, 0) is 9.53 Å². The van der Waals surface area contributed by atoms with Crippen molar-refractivity contribution in [1.82, 2.24) is 15.5 Å². The van der Waals surface area contributed by atoms with Crippen molar-refractivity contribution in [1.29, 1.82) is 0 Å². The Labute approximate surface area is 147 Å². The van der Waals surface area contributed by atoms with Gasteiger partial charge in [0.2, 0.25) is 0 Å². The molecule has 1 unspecified atom stereocenters. The van der Waals surface area contributed by atoms with E-state index in [0.29, 0.717) is 29.9 Å². The maximum atomic E-state index is 12.9. The highest BCUT2D eigenvalue weighted by Gasteiger charge is 2.32. The molecule has 0 bridgehead atoms. The highest BCUT2D eigenvalue weighted by atomic mass is 16.5. The standard InChI is InChI=1S/C18H23N3O4/c1-5-21(6-2)16(22)14-11(3)19-18(24)20-15(14)12-7-9-13(10-8-12)17(23)25-4/h7-10,15H,5-6H2,1-4H3,(H2,19,20,24). The summed E-state index contributed by atoms with van der Waals surface area (Å²) in [5, 5.41) is 5.45. The van der Waals surface area contributed by atoms with Gasteiger partial charge in [-0.15, -0.1) is 0 Å². The predicted octanol–water partition coefficient (Wildman–Crippen LogP) is 1.97. The highest BCUT2D eigenvalue weighted by Crippen LogP contribution is 2.28. The van der Waals surface area contributed by atoms with Crippen LogP contribution in [0.5, 0.6) is 0 Å². The number of carbonyl (C=O) groups is 3. The van der Waals surface area contributed by atoms with Crippen LogP contribution in [0.4, 0.5) is 4.79 Å². The number of allylic oxidation sites excluding steroid dienone is 1.